The predicted molar refractivity (Wildman–Crippen MR) is 59.2 cm³/mol. The van der Waals surface area contributed by atoms with Crippen molar-refractivity contribution in [1.29, 1.82) is 0 Å². The van der Waals surface area contributed by atoms with Crippen LogP contribution in [-0.4, -0.2) is 6.04 Å². The third kappa shape index (κ3) is 6.79. The molecule has 0 amide bonds. The Kier molecular flexibility index (Phi) is 8.05. The van der Waals surface area contributed by atoms with Gasteiger partial charge in [0.05, 0.1) is 0 Å². The second kappa shape index (κ2) is 8.27. The van der Waals surface area contributed by atoms with Crippen LogP contribution in [0.4, 0.5) is 0 Å². The highest BCUT2D eigenvalue weighted by Gasteiger charge is 2.09. The van der Waals surface area contributed by atoms with Crippen LogP contribution in [0.15, 0.2) is 12.7 Å². The number of hydrogen-bond donors (Lipinski definition) is 2. The Morgan fingerprint density at radius 3 is 2.69 bits per heavy atom. The molecular weight excluding hydrogens is 160 g/mol. The maximum atomic E-state index is 5.48. The maximum Gasteiger partial charge on any atom is 0.0213 e. The van der Waals surface area contributed by atoms with Gasteiger partial charge in [-0.15, -0.1) is 6.58 Å². The van der Waals surface area contributed by atoms with Crippen molar-refractivity contribution in [2.75, 3.05) is 0 Å². The van der Waals surface area contributed by atoms with Gasteiger partial charge < -0.3 is 0 Å². The second-order valence-electron chi connectivity index (χ2n) is 3.83. The zero-order valence-electron chi connectivity index (χ0n) is 9.05. The Morgan fingerprint density at radius 1 is 1.54 bits per heavy atom. The molecule has 0 rings (SSSR count). The van der Waals surface area contributed by atoms with Crippen LogP contribution in [-0.2, 0) is 0 Å². The molecule has 0 aliphatic rings. The van der Waals surface area contributed by atoms with E-state index < -0.39 is 0 Å². The Bertz CT molecular complexity index is 123. The largest absolute Gasteiger partial charge is 0.271 e. The van der Waals surface area contributed by atoms with E-state index in [1.165, 1.54) is 19.3 Å². The summed E-state index contributed by atoms with van der Waals surface area (Å²) in [5.41, 5.74) is 2.89. The Balaban J connectivity index is 3.55. The molecule has 0 heterocycles. The first-order valence-electron chi connectivity index (χ1n) is 5.31. The summed E-state index contributed by atoms with van der Waals surface area (Å²) in [6, 6.07) is 0.481. The highest BCUT2D eigenvalue weighted by atomic mass is 15.2. The van der Waals surface area contributed by atoms with E-state index >= 15 is 0 Å². The van der Waals surface area contributed by atoms with Gasteiger partial charge in [0.1, 0.15) is 0 Å². The highest BCUT2D eigenvalue weighted by molar-refractivity contribution is 4.71. The Hall–Kier alpha value is -0.340. The van der Waals surface area contributed by atoms with Crippen molar-refractivity contribution >= 4 is 0 Å². The average molecular weight is 184 g/mol. The fourth-order valence-electron chi connectivity index (χ4n) is 1.43. The maximum absolute atomic E-state index is 5.48. The number of hydrogen-bond acceptors (Lipinski definition) is 2. The summed E-state index contributed by atoms with van der Waals surface area (Å²) in [5, 5.41) is 0. The van der Waals surface area contributed by atoms with Gasteiger partial charge >= 0.3 is 0 Å². The summed E-state index contributed by atoms with van der Waals surface area (Å²) in [6.45, 7) is 8.21. The lowest BCUT2D eigenvalue weighted by molar-refractivity contribution is 0.376. The minimum atomic E-state index is 0.481. The van der Waals surface area contributed by atoms with E-state index in [0.717, 1.165) is 18.8 Å². The second-order valence-corrected chi connectivity index (χ2v) is 3.83. The van der Waals surface area contributed by atoms with Crippen molar-refractivity contribution in [2.24, 2.45) is 11.8 Å². The summed E-state index contributed by atoms with van der Waals surface area (Å²) in [4.78, 5) is 0. The normalized spacial score (nSPS) is 15.3. The standard InChI is InChI=1S/C11H24N2/c1-4-6-7-8-11(13-12)9-10(3)5-2/h4,10-11,13H,1,5-9,12H2,2-3H3. The minimum Gasteiger partial charge on any atom is -0.271 e. The Labute approximate surface area is 82.6 Å². The topological polar surface area (TPSA) is 38.0 Å². The van der Waals surface area contributed by atoms with E-state index in [0.29, 0.717) is 6.04 Å². The smallest absolute Gasteiger partial charge is 0.0213 e. The fourth-order valence-corrected chi connectivity index (χ4v) is 1.43. The molecule has 0 saturated heterocycles. The zero-order chi connectivity index (χ0) is 10.1. The molecule has 2 nitrogen and oxygen atoms in total. The van der Waals surface area contributed by atoms with Crippen molar-refractivity contribution in [1.82, 2.24) is 5.43 Å². The van der Waals surface area contributed by atoms with Gasteiger partial charge in [0, 0.05) is 6.04 Å². The molecule has 0 saturated carbocycles. The van der Waals surface area contributed by atoms with Gasteiger partial charge in [-0.3, -0.25) is 11.3 Å². The molecule has 0 aromatic carbocycles. The molecule has 0 radical (unpaired) electrons. The molecule has 0 spiro atoms. The van der Waals surface area contributed by atoms with E-state index in [-0.39, 0.29) is 0 Å². The molecule has 0 bridgehead atoms. The van der Waals surface area contributed by atoms with Crippen LogP contribution in [0.5, 0.6) is 0 Å². The number of unbranched alkanes of at least 4 members (excludes halogenated alkanes) is 1. The van der Waals surface area contributed by atoms with Crippen molar-refractivity contribution in [3.05, 3.63) is 12.7 Å². The van der Waals surface area contributed by atoms with Gasteiger partial charge in [-0.1, -0.05) is 26.3 Å². The lowest BCUT2D eigenvalue weighted by atomic mass is 9.96. The van der Waals surface area contributed by atoms with E-state index in [1.54, 1.807) is 0 Å². The first-order chi connectivity index (χ1) is 6.24. The van der Waals surface area contributed by atoms with Crippen LogP contribution < -0.4 is 11.3 Å². The molecule has 13 heavy (non-hydrogen) atoms. The summed E-state index contributed by atoms with van der Waals surface area (Å²) in [6.07, 6.45) is 7.83. The van der Waals surface area contributed by atoms with Crippen LogP contribution in [0.25, 0.3) is 0 Å². The molecule has 78 valence electrons. The zero-order valence-corrected chi connectivity index (χ0v) is 9.05. The Morgan fingerprint density at radius 2 is 2.23 bits per heavy atom. The molecule has 0 aliphatic carbocycles. The molecule has 0 aromatic rings. The van der Waals surface area contributed by atoms with Gasteiger partial charge in [-0.25, -0.2) is 0 Å². The lowest BCUT2D eigenvalue weighted by Crippen LogP contribution is -2.36. The number of nitrogens with one attached hydrogen (secondary N) is 1. The van der Waals surface area contributed by atoms with Crippen molar-refractivity contribution in [3.63, 3.8) is 0 Å². The van der Waals surface area contributed by atoms with Gasteiger partial charge in [0.25, 0.3) is 0 Å². The summed E-state index contributed by atoms with van der Waals surface area (Å²) >= 11 is 0. The van der Waals surface area contributed by atoms with E-state index in [1.807, 2.05) is 6.08 Å². The summed E-state index contributed by atoms with van der Waals surface area (Å²) in [7, 11) is 0. The molecule has 0 aromatic heterocycles. The van der Waals surface area contributed by atoms with Crippen molar-refractivity contribution in [3.8, 4) is 0 Å². The third-order valence-corrected chi connectivity index (χ3v) is 2.58. The summed E-state index contributed by atoms with van der Waals surface area (Å²) in [5.74, 6) is 6.25. The fraction of sp³-hybridized carbons (Fsp3) is 0.818. The van der Waals surface area contributed by atoms with Crippen molar-refractivity contribution < 1.29 is 0 Å². The molecule has 0 fully saturated rings. The minimum absolute atomic E-state index is 0.481. The quantitative estimate of drug-likeness (QED) is 0.263. The molecule has 2 heteroatoms. The number of allylic oxidation sites excluding steroid dienone is 1. The first-order valence-corrected chi connectivity index (χ1v) is 5.31. The van der Waals surface area contributed by atoms with Gasteiger partial charge in [-0.05, 0) is 31.6 Å². The SMILES string of the molecule is C=CCCCC(CC(C)CC)NN. The lowest BCUT2D eigenvalue weighted by Gasteiger charge is -2.18. The van der Waals surface area contributed by atoms with Crippen LogP contribution in [0.3, 0.4) is 0 Å². The highest BCUT2D eigenvalue weighted by Crippen LogP contribution is 2.13. The first kappa shape index (κ1) is 12.7. The molecule has 2 atom stereocenters. The van der Waals surface area contributed by atoms with Crippen LogP contribution in [0.2, 0.25) is 0 Å². The van der Waals surface area contributed by atoms with Gasteiger partial charge in [0.15, 0.2) is 0 Å². The number of hydrazine groups is 1. The van der Waals surface area contributed by atoms with E-state index in [4.69, 9.17) is 5.84 Å². The average Bonchev–Trinajstić information content (AvgIpc) is 2.16. The molecular formula is C11H24N2. The molecule has 0 aliphatic heterocycles. The predicted octanol–water partition coefficient (Wildman–Crippen LogP) is 2.61. The van der Waals surface area contributed by atoms with Crippen LogP contribution >= 0.6 is 0 Å². The van der Waals surface area contributed by atoms with E-state index in [9.17, 15) is 0 Å². The molecule has 3 N–H and O–H groups in total. The molecule has 2 unspecified atom stereocenters. The van der Waals surface area contributed by atoms with Gasteiger partial charge in [0.2, 0.25) is 0 Å². The monoisotopic (exact) mass is 184 g/mol. The number of rotatable bonds is 8. The third-order valence-electron chi connectivity index (χ3n) is 2.58. The van der Waals surface area contributed by atoms with Crippen molar-refractivity contribution in [2.45, 2.75) is 52.0 Å². The van der Waals surface area contributed by atoms with Crippen LogP contribution in [0, 0.1) is 5.92 Å². The van der Waals surface area contributed by atoms with Crippen LogP contribution in [0.1, 0.15) is 46.0 Å². The number of nitrogens with two attached hydrogens (primary N) is 1. The van der Waals surface area contributed by atoms with Gasteiger partial charge in [-0.2, -0.15) is 0 Å². The summed E-state index contributed by atoms with van der Waals surface area (Å²) < 4.78 is 0. The van der Waals surface area contributed by atoms with E-state index in [2.05, 4.69) is 25.9 Å².